The molecule has 3 rings (SSSR count). The summed E-state index contributed by atoms with van der Waals surface area (Å²) in [6, 6.07) is 14.1. The number of nitrogens with one attached hydrogen (secondary N) is 2. The maximum absolute atomic E-state index is 14.4. The second-order valence-electron chi connectivity index (χ2n) is 8.08. The molecule has 0 fully saturated rings. The van der Waals surface area contributed by atoms with Crippen LogP contribution in [0.4, 0.5) is 42.1 Å². The first kappa shape index (κ1) is 29.0. The van der Waals surface area contributed by atoms with Gasteiger partial charge in [0.15, 0.2) is 23.3 Å². The third kappa shape index (κ3) is 6.85. The highest BCUT2D eigenvalue weighted by Crippen LogP contribution is 2.41. The van der Waals surface area contributed by atoms with E-state index < -0.39 is 51.9 Å². The highest BCUT2D eigenvalue weighted by atomic mass is 32.2. The van der Waals surface area contributed by atoms with Crippen LogP contribution in [0.2, 0.25) is 0 Å². The first-order valence-electron chi connectivity index (χ1n) is 11.3. The van der Waals surface area contributed by atoms with Gasteiger partial charge < -0.3 is 10.6 Å². The average Bonchev–Trinajstić information content (AvgIpc) is 2.87. The summed E-state index contributed by atoms with van der Waals surface area (Å²) in [5.41, 5.74) is -3.68. The van der Waals surface area contributed by atoms with Crippen LogP contribution in [0, 0.1) is 23.3 Å². The van der Waals surface area contributed by atoms with Crippen LogP contribution in [-0.4, -0.2) is 11.8 Å². The molecule has 202 valence electrons. The minimum absolute atomic E-state index is 0.219. The molecule has 2 amide bonds. The topological polar surface area (TPSA) is 58.2 Å². The molecular weight excluding hydrogens is 537 g/mol. The zero-order valence-corrected chi connectivity index (χ0v) is 20.6. The van der Waals surface area contributed by atoms with Crippen molar-refractivity contribution < 1.29 is 40.3 Å². The van der Waals surface area contributed by atoms with Crippen molar-refractivity contribution in [3.8, 4) is 0 Å². The number of carbonyl (C=O) groups excluding carboxylic acids is 2. The zero-order valence-electron chi connectivity index (χ0n) is 19.8. The van der Waals surface area contributed by atoms with E-state index in [4.69, 9.17) is 0 Å². The van der Waals surface area contributed by atoms with Gasteiger partial charge >= 0.3 is 6.18 Å². The van der Waals surface area contributed by atoms with E-state index in [-0.39, 0.29) is 5.91 Å². The fraction of sp³-hybridized carbons (Fsp3) is 0.231. The molecule has 0 bridgehead atoms. The van der Waals surface area contributed by atoms with Crippen LogP contribution in [-0.2, 0) is 15.8 Å². The number of amides is 2. The summed E-state index contributed by atoms with van der Waals surface area (Å²) in [6.07, 6.45) is -3.89. The predicted molar refractivity (Wildman–Crippen MR) is 130 cm³/mol. The number of carbonyl (C=O) groups is 2. The van der Waals surface area contributed by atoms with Gasteiger partial charge in [-0.05, 0) is 30.2 Å². The molecule has 0 saturated heterocycles. The van der Waals surface area contributed by atoms with E-state index in [1.54, 1.807) is 47.8 Å². The maximum atomic E-state index is 14.4. The summed E-state index contributed by atoms with van der Waals surface area (Å²) in [5, 5.41) is 3.16. The Kier molecular flexibility index (Phi) is 9.42. The summed E-state index contributed by atoms with van der Waals surface area (Å²) in [6.45, 7) is 1.94. The summed E-state index contributed by atoms with van der Waals surface area (Å²) >= 11 is 0.880. The number of alkyl halides is 3. The van der Waals surface area contributed by atoms with E-state index in [0.29, 0.717) is 29.0 Å². The normalized spacial score (nSPS) is 12.2. The highest BCUT2D eigenvalue weighted by Gasteiger charge is 2.42. The molecule has 0 spiro atoms. The van der Waals surface area contributed by atoms with E-state index in [1.807, 2.05) is 6.92 Å². The van der Waals surface area contributed by atoms with Crippen LogP contribution >= 0.6 is 11.8 Å². The molecule has 3 aromatic rings. The lowest BCUT2D eigenvalue weighted by molar-refractivity contribution is -0.143. The van der Waals surface area contributed by atoms with Crippen LogP contribution < -0.4 is 10.6 Å². The molecule has 4 nitrogen and oxygen atoms in total. The van der Waals surface area contributed by atoms with Crippen LogP contribution in [0.1, 0.15) is 42.6 Å². The molecule has 0 heterocycles. The molecule has 0 saturated carbocycles. The smallest absolute Gasteiger partial charge is 0.326 e. The van der Waals surface area contributed by atoms with Gasteiger partial charge in [0.2, 0.25) is 11.8 Å². The quantitative estimate of drug-likeness (QED) is 0.160. The molecular formula is C26H21F7N2O2S. The van der Waals surface area contributed by atoms with Crippen LogP contribution in [0.15, 0.2) is 59.5 Å². The predicted octanol–water partition coefficient (Wildman–Crippen LogP) is 7.86. The van der Waals surface area contributed by atoms with Crippen molar-refractivity contribution in [2.24, 2.45) is 0 Å². The molecule has 38 heavy (non-hydrogen) atoms. The van der Waals surface area contributed by atoms with E-state index in [0.717, 1.165) is 18.2 Å². The average molecular weight is 559 g/mol. The van der Waals surface area contributed by atoms with Gasteiger partial charge in [-0.2, -0.15) is 13.2 Å². The van der Waals surface area contributed by atoms with Gasteiger partial charge in [-0.25, -0.2) is 17.6 Å². The second-order valence-corrected chi connectivity index (χ2v) is 9.26. The number of anilines is 2. The van der Waals surface area contributed by atoms with Crippen molar-refractivity contribution in [2.75, 3.05) is 10.6 Å². The number of benzene rings is 3. The summed E-state index contributed by atoms with van der Waals surface area (Å²) < 4.78 is 95.6. The zero-order chi connectivity index (χ0) is 28.0. The highest BCUT2D eigenvalue weighted by molar-refractivity contribution is 8.00. The van der Waals surface area contributed by atoms with Gasteiger partial charge in [-0.1, -0.05) is 49.7 Å². The standard InChI is InChI=1S/C26H21F7N2O2S/c1-2-3-12-17(36)34-15-10-7-11-16(13-15)38-24(14-8-5-4-6-9-14)25(37)35-23-21(29)19(27)18(26(31,32)33)20(28)22(23)30/h4-11,13,24H,2-3,12H2,1H3,(H,34,36)(H,35,37). The molecule has 0 aliphatic carbocycles. The Balaban J connectivity index is 1.93. The number of halogens is 7. The SMILES string of the molecule is CCCCC(=O)Nc1cccc(SC(C(=O)Nc2c(F)c(F)c(C(F)(F)F)c(F)c2F)c2ccccc2)c1. The minimum atomic E-state index is -5.71. The van der Waals surface area contributed by atoms with Crippen molar-refractivity contribution in [3.63, 3.8) is 0 Å². The van der Waals surface area contributed by atoms with Crippen molar-refractivity contribution in [1.29, 1.82) is 0 Å². The third-order valence-corrected chi connectivity index (χ3v) is 6.51. The molecule has 0 aromatic heterocycles. The molecule has 12 heteroatoms. The minimum Gasteiger partial charge on any atom is -0.326 e. The van der Waals surface area contributed by atoms with Gasteiger partial charge in [0.1, 0.15) is 16.5 Å². The molecule has 2 N–H and O–H groups in total. The van der Waals surface area contributed by atoms with Crippen LogP contribution in [0.3, 0.4) is 0 Å². The largest absolute Gasteiger partial charge is 0.422 e. The lowest BCUT2D eigenvalue weighted by atomic mass is 10.1. The van der Waals surface area contributed by atoms with E-state index in [1.165, 1.54) is 12.1 Å². The van der Waals surface area contributed by atoms with Crippen molar-refractivity contribution in [3.05, 3.63) is 89.0 Å². The molecule has 0 aliphatic rings. The summed E-state index contributed by atoms with van der Waals surface area (Å²) in [5.74, 6) is -11.5. The number of hydrogen-bond donors (Lipinski definition) is 2. The van der Waals surface area contributed by atoms with Crippen LogP contribution in [0.25, 0.3) is 0 Å². The van der Waals surface area contributed by atoms with E-state index >= 15 is 0 Å². The van der Waals surface area contributed by atoms with Gasteiger partial charge in [0, 0.05) is 17.0 Å². The summed E-state index contributed by atoms with van der Waals surface area (Å²) in [4.78, 5) is 25.6. The number of hydrogen-bond acceptors (Lipinski definition) is 3. The monoisotopic (exact) mass is 558 g/mol. The fourth-order valence-electron chi connectivity index (χ4n) is 3.42. The second kappa shape index (κ2) is 12.3. The summed E-state index contributed by atoms with van der Waals surface area (Å²) in [7, 11) is 0. The molecule has 0 radical (unpaired) electrons. The molecule has 1 atom stereocenters. The van der Waals surface area contributed by atoms with E-state index in [9.17, 15) is 40.3 Å². The lowest BCUT2D eigenvalue weighted by Gasteiger charge is -2.19. The van der Waals surface area contributed by atoms with Gasteiger partial charge in [0.05, 0.1) is 0 Å². The Morgan fingerprint density at radius 3 is 2.08 bits per heavy atom. The first-order chi connectivity index (χ1) is 17.9. The lowest BCUT2D eigenvalue weighted by Crippen LogP contribution is -2.23. The Hall–Kier alpha value is -3.54. The van der Waals surface area contributed by atoms with E-state index in [2.05, 4.69) is 5.32 Å². The van der Waals surface area contributed by atoms with Gasteiger partial charge in [-0.3, -0.25) is 9.59 Å². The van der Waals surface area contributed by atoms with Crippen molar-refractivity contribution in [2.45, 2.75) is 42.5 Å². The Bertz CT molecular complexity index is 1290. The molecule has 3 aromatic carbocycles. The van der Waals surface area contributed by atoms with Gasteiger partial charge in [-0.15, -0.1) is 11.8 Å². The van der Waals surface area contributed by atoms with Gasteiger partial charge in [0.25, 0.3) is 0 Å². The van der Waals surface area contributed by atoms with Crippen molar-refractivity contribution in [1.82, 2.24) is 0 Å². The number of thioether (sulfide) groups is 1. The van der Waals surface area contributed by atoms with Crippen LogP contribution in [0.5, 0.6) is 0 Å². The Labute approximate surface area is 217 Å². The Morgan fingerprint density at radius 2 is 1.50 bits per heavy atom. The number of rotatable bonds is 9. The number of unbranched alkanes of at least 4 members (excludes halogenated alkanes) is 1. The molecule has 1 unspecified atom stereocenters. The molecule has 0 aliphatic heterocycles. The third-order valence-electron chi connectivity index (χ3n) is 5.26. The van der Waals surface area contributed by atoms with Crippen molar-refractivity contribution >= 4 is 35.0 Å². The Morgan fingerprint density at radius 1 is 0.868 bits per heavy atom. The fourth-order valence-corrected chi connectivity index (χ4v) is 4.51. The maximum Gasteiger partial charge on any atom is 0.422 e. The first-order valence-corrected chi connectivity index (χ1v) is 12.2.